The number of urea groups is 1. The smallest absolute Gasteiger partial charge is 0.432 e. The van der Waals surface area contributed by atoms with E-state index in [9.17, 15) is 27.9 Å². The second kappa shape index (κ2) is 8.88. The summed E-state index contributed by atoms with van der Waals surface area (Å²) in [5.41, 5.74) is -4.16. The van der Waals surface area contributed by atoms with Crippen LogP contribution in [0.2, 0.25) is 0 Å². The number of carbonyl (C=O) groups excluding carboxylic acids is 2. The number of carbonyl (C=O) groups is 2. The third-order valence-corrected chi connectivity index (χ3v) is 3.76. The Morgan fingerprint density at radius 3 is 2.23 bits per heavy atom. The highest BCUT2D eigenvalue weighted by molar-refractivity contribution is 5.91. The van der Waals surface area contributed by atoms with Crippen molar-refractivity contribution >= 4 is 17.7 Å². The first-order chi connectivity index (χ1) is 12.1. The van der Waals surface area contributed by atoms with Crippen LogP contribution in [-0.2, 0) is 15.1 Å². The van der Waals surface area contributed by atoms with Gasteiger partial charge in [0, 0.05) is 24.8 Å². The molecule has 0 bridgehead atoms. The van der Waals surface area contributed by atoms with Crippen LogP contribution in [0.4, 0.5) is 23.7 Å². The number of rotatable bonds is 7. The second-order valence-corrected chi connectivity index (χ2v) is 5.62. The number of unbranched alkanes of at least 4 members (excludes halogenated alkanes) is 1. The zero-order valence-electron chi connectivity index (χ0n) is 14.9. The predicted octanol–water partition coefficient (Wildman–Crippen LogP) is 2.95. The molecule has 0 saturated heterocycles. The van der Waals surface area contributed by atoms with Crippen molar-refractivity contribution in [1.82, 2.24) is 5.32 Å². The number of nitrogens with one attached hydrogen (secondary N) is 1. The van der Waals surface area contributed by atoms with Crippen LogP contribution < -0.4 is 10.2 Å². The molecule has 9 heteroatoms. The van der Waals surface area contributed by atoms with Gasteiger partial charge in [-0.2, -0.15) is 13.2 Å². The molecule has 0 radical (unpaired) electrons. The van der Waals surface area contributed by atoms with Gasteiger partial charge in [0.15, 0.2) is 0 Å². The lowest BCUT2D eigenvalue weighted by atomic mass is 9.93. The molecule has 0 unspecified atom stereocenters. The van der Waals surface area contributed by atoms with Gasteiger partial charge >= 0.3 is 18.2 Å². The third-order valence-electron chi connectivity index (χ3n) is 3.76. The molecule has 26 heavy (non-hydrogen) atoms. The van der Waals surface area contributed by atoms with E-state index >= 15 is 0 Å². The summed E-state index contributed by atoms with van der Waals surface area (Å²) in [6.45, 7) is 3.48. The number of benzene rings is 1. The van der Waals surface area contributed by atoms with Gasteiger partial charge in [-0.25, -0.2) is 9.59 Å². The van der Waals surface area contributed by atoms with Crippen LogP contribution in [0, 0.1) is 0 Å². The minimum absolute atomic E-state index is 0.302. The first-order valence-corrected chi connectivity index (χ1v) is 8.18. The Bertz CT molecular complexity index is 619. The lowest BCUT2D eigenvalue weighted by molar-refractivity contribution is -0.267. The molecule has 146 valence electrons. The van der Waals surface area contributed by atoms with Gasteiger partial charge in [-0.3, -0.25) is 4.90 Å². The summed E-state index contributed by atoms with van der Waals surface area (Å²) in [4.78, 5) is 24.9. The van der Waals surface area contributed by atoms with E-state index in [-0.39, 0.29) is 6.61 Å². The monoisotopic (exact) mass is 376 g/mol. The lowest BCUT2D eigenvalue weighted by Crippen LogP contribution is -2.50. The van der Waals surface area contributed by atoms with Crippen molar-refractivity contribution in [2.45, 2.75) is 38.5 Å². The van der Waals surface area contributed by atoms with Crippen LogP contribution >= 0.6 is 0 Å². The summed E-state index contributed by atoms with van der Waals surface area (Å²) < 4.78 is 44.3. The maximum absolute atomic E-state index is 13.3. The maximum Gasteiger partial charge on any atom is 0.432 e. The van der Waals surface area contributed by atoms with Crippen molar-refractivity contribution in [3.8, 4) is 0 Å². The van der Waals surface area contributed by atoms with Gasteiger partial charge in [-0.15, -0.1) is 0 Å². The molecule has 2 N–H and O–H groups in total. The summed E-state index contributed by atoms with van der Waals surface area (Å²) in [5.74, 6) is -1.80. The number of anilines is 1. The first-order valence-electron chi connectivity index (χ1n) is 8.18. The molecule has 0 aliphatic carbocycles. The van der Waals surface area contributed by atoms with Crippen LogP contribution in [-0.4, -0.2) is 43.5 Å². The molecule has 0 heterocycles. The number of halogens is 3. The molecule has 1 aromatic rings. The van der Waals surface area contributed by atoms with E-state index < -0.39 is 29.3 Å². The van der Waals surface area contributed by atoms with Gasteiger partial charge in [-0.05, 0) is 25.5 Å². The topological polar surface area (TPSA) is 78.9 Å². The number of esters is 1. The Kier molecular flexibility index (Phi) is 7.43. The number of ether oxygens (including phenoxy) is 1. The van der Waals surface area contributed by atoms with Crippen molar-refractivity contribution in [2.24, 2.45) is 0 Å². The van der Waals surface area contributed by atoms with E-state index in [1.54, 1.807) is 0 Å². The Labute approximate surface area is 149 Å². The molecule has 2 amide bonds. The predicted molar refractivity (Wildman–Crippen MR) is 89.7 cm³/mol. The molecule has 6 nitrogen and oxygen atoms in total. The van der Waals surface area contributed by atoms with E-state index in [0.717, 1.165) is 25.0 Å². The van der Waals surface area contributed by atoms with Gasteiger partial charge in [0.05, 0.1) is 6.61 Å². The van der Waals surface area contributed by atoms with Gasteiger partial charge < -0.3 is 15.2 Å². The van der Waals surface area contributed by atoms with Crippen molar-refractivity contribution in [1.29, 1.82) is 0 Å². The Morgan fingerprint density at radius 1 is 1.19 bits per heavy atom. The van der Waals surface area contributed by atoms with Crippen molar-refractivity contribution in [2.75, 3.05) is 25.1 Å². The summed E-state index contributed by atoms with van der Waals surface area (Å²) in [6.07, 6.45) is -3.55. The molecule has 1 atom stereocenters. The standard InChI is InChI=1S/C17H23F3N2O4/c1-4-6-11-21-15(24)22(3)13-9-7-12(8-10-13)16(25,17(18,19)20)14(23)26-5-2/h7-10,25H,4-6,11H2,1-3H3,(H,21,24)/t16-/m1/s1. The average Bonchev–Trinajstić information content (AvgIpc) is 2.59. The van der Waals surface area contributed by atoms with Crippen molar-refractivity contribution in [3.63, 3.8) is 0 Å². The van der Waals surface area contributed by atoms with Crippen LogP contribution in [0.5, 0.6) is 0 Å². The lowest BCUT2D eigenvalue weighted by Gasteiger charge is -2.29. The van der Waals surface area contributed by atoms with E-state index in [1.807, 2.05) is 6.92 Å². The Balaban J connectivity index is 3.06. The second-order valence-electron chi connectivity index (χ2n) is 5.62. The molecule has 0 aliphatic heterocycles. The molecule has 0 aromatic heterocycles. The highest BCUT2D eigenvalue weighted by atomic mass is 19.4. The number of hydrogen-bond donors (Lipinski definition) is 2. The number of nitrogens with zero attached hydrogens (tertiary/aromatic N) is 1. The number of alkyl halides is 3. The molecule has 0 fully saturated rings. The van der Waals surface area contributed by atoms with Crippen LogP contribution in [0.3, 0.4) is 0 Å². The fourth-order valence-corrected chi connectivity index (χ4v) is 2.17. The van der Waals surface area contributed by atoms with Gasteiger partial charge in [0.25, 0.3) is 5.60 Å². The maximum atomic E-state index is 13.3. The minimum Gasteiger partial charge on any atom is -0.463 e. The molecular formula is C17H23F3N2O4. The van der Waals surface area contributed by atoms with Gasteiger partial charge in [-0.1, -0.05) is 25.5 Å². The number of aliphatic hydroxyl groups is 1. The minimum atomic E-state index is -5.26. The zero-order chi connectivity index (χ0) is 20.0. The quantitative estimate of drug-likeness (QED) is 0.567. The van der Waals surface area contributed by atoms with Gasteiger partial charge in [0.1, 0.15) is 0 Å². The largest absolute Gasteiger partial charge is 0.463 e. The summed E-state index contributed by atoms with van der Waals surface area (Å²) in [5, 5.41) is 12.7. The first kappa shape index (κ1) is 21.8. The molecule has 0 saturated carbocycles. The van der Waals surface area contributed by atoms with E-state index in [4.69, 9.17) is 0 Å². The molecule has 1 rings (SSSR count). The summed E-state index contributed by atoms with van der Waals surface area (Å²) >= 11 is 0. The number of amides is 2. The van der Waals surface area contributed by atoms with Crippen molar-refractivity contribution < 1.29 is 32.6 Å². The van der Waals surface area contributed by atoms with E-state index in [1.165, 1.54) is 31.0 Å². The van der Waals surface area contributed by atoms with Crippen LogP contribution in [0.15, 0.2) is 24.3 Å². The zero-order valence-corrected chi connectivity index (χ0v) is 14.9. The van der Waals surface area contributed by atoms with E-state index in [0.29, 0.717) is 12.2 Å². The van der Waals surface area contributed by atoms with Crippen molar-refractivity contribution in [3.05, 3.63) is 29.8 Å². The third kappa shape index (κ3) is 4.66. The fraction of sp³-hybridized carbons (Fsp3) is 0.529. The molecular weight excluding hydrogens is 353 g/mol. The highest BCUT2D eigenvalue weighted by Gasteiger charge is 2.62. The van der Waals surface area contributed by atoms with Crippen LogP contribution in [0.1, 0.15) is 32.3 Å². The van der Waals surface area contributed by atoms with E-state index in [2.05, 4.69) is 10.1 Å². The molecule has 1 aromatic carbocycles. The Hall–Kier alpha value is -2.29. The summed E-state index contributed by atoms with van der Waals surface area (Å²) in [6, 6.07) is 3.89. The number of hydrogen-bond acceptors (Lipinski definition) is 4. The van der Waals surface area contributed by atoms with Crippen LogP contribution in [0.25, 0.3) is 0 Å². The average molecular weight is 376 g/mol. The fourth-order valence-electron chi connectivity index (χ4n) is 2.17. The summed E-state index contributed by atoms with van der Waals surface area (Å²) in [7, 11) is 1.46. The highest BCUT2D eigenvalue weighted by Crippen LogP contribution is 2.40. The molecule has 0 aliphatic rings. The Morgan fingerprint density at radius 2 is 1.77 bits per heavy atom. The normalized spacial score (nSPS) is 13.7. The van der Waals surface area contributed by atoms with Gasteiger partial charge in [0.2, 0.25) is 0 Å². The SMILES string of the molecule is CCCCNC(=O)N(C)c1ccc([C@@](O)(C(=O)OCC)C(F)(F)F)cc1. The molecule has 0 spiro atoms.